The van der Waals surface area contributed by atoms with Crippen LogP contribution in [-0.4, -0.2) is 9.13 Å². The third-order valence-electron chi connectivity index (χ3n) is 12.0. The van der Waals surface area contributed by atoms with E-state index >= 15 is 0 Å². The standard InChI is InChI=1S/C52H30N2S/c1-2-15-32-30-33(29-28-31(32)14-1)53-44-26-12-9-22-40(44)46-36-18-3-4-19-37(36)47-48(50(46)53)38-20-5-6-21-39(38)52-49(47)41-23-13-27-45(51(41)55-52)54-42-24-10-7-16-34(42)35-17-8-11-25-43(35)54/h1-30H. The smallest absolute Gasteiger partial charge is 0.0640 e. The van der Waals surface area contributed by atoms with Crippen LogP contribution in [0, 0.1) is 0 Å². The highest BCUT2D eigenvalue weighted by Gasteiger charge is 2.25. The van der Waals surface area contributed by atoms with Gasteiger partial charge in [0.25, 0.3) is 0 Å². The van der Waals surface area contributed by atoms with E-state index in [1.165, 1.54) is 118 Å². The fraction of sp³-hybridized carbons (Fsp3) is 0. The molecule has 0 aliphatic heterocycles. The molecule has 3 heterocycles. The van der Waals surface area contributed by atoms with Crippen molar-refractivity contribution >= 4 is 118 Å². The predicted octanol–water partition coefficient (Wildman–Crippen LogP) is 14.9. The molecule has 0 unspecified atom stereocenters. The van der Waals surface area contributed by atoms with Crippen molar-refractivity contribution in [3.05, 3.63) is 182 Å². The second-order valence-corrected chi connectivity index (χ2v) is 15.8. The Bertz CT molecular complexity index is 3730. The number of thiophene rings is 1. The van der Waals surface area contributed by atoms with Crippen LogP contribution >= 0.6 is 11.3 Å². The fourth-order valence-electron chi connectivity index (χ4n) is 9.83. The Hall–Kier alpha value is -6.94. The van der Waals surface area contributed by atoms with Crippen molar-refractivity contribution in [3.63, 3.8) is 0 Å². The van der Waals surface area contributed by atoms with E-state index in [9.17, 15) is 0 Å². The molecule has 0 atom stereocenters. The van der Waals surface area contributed by atoms with Crippen LogP contribution < -0.4 is 0 Å². The van der Waals surface area contributed by atoms with Crippen molar-refractivity contribution in [1.82, 2.24) is 9.13 Å². The number of para-hydroxylation sites is 3. The summed E-state index contributed by atoms with van der Waals surface area (Å²) in [5.41, 5.74) is 7.35. The molecule has 0 fully saturated rings. The lowest BCUT2D eigenvalue weighted by atomic mass is 9.90. The third-order valence-corrected chi connectivity index (χ3v) is 13.3. The van der Waals surface area contributed by atoms with E-state index in [0.717, 1.165) is 0 Å². The van der Waals surface area contributed by atoms with Gasteiger partial charge in [0.15, 0.2) is 0 Å². The quantitative estimate of drug-likeness (QED) is 0.158. The van der Waals surface area contributed by atoms with Gasteiger partial charge < -0.3 is 9.13 Å². The van der Waals surface area contributed by atoms with Gasteiger partial charge in [-0.1, -0.05) is 146 Å². The first-order valence-electron chi connectivity index (χ1n) is 18.9. The summed E-state index contributed by atoms with van der Waals surface area (Å²) in [4.78, 5) is 0. The summed E-state index contributed by atoms with van der Waals surface area (Å²) in [6, 6.07) is 67.5. The summed E-state index contributed by atoms with van der Waals surface area (Å²) in [5.74, 6) is 0. The van der Waals surface area contributed by atoms with E-state index < -0.39 is 0 Å². The summed E-state index contributed by atoms with van der Waals surface area (Å²) in [5, 5.41) is 18.1. The molecule has 0 amide bonds. The molecule has 10 aromatic carbocycles. The van der Waals surface area contributed by atoms with Crippen molar-refractivity contribution in [1.29, 1.82) is 0 Å². The van der Waals surface area contributed by atoms with E-state index in [1.807, 2.05) is 11.3 Å². The van der Waals surface area contributed by atoms with Gasteiger partial charge in [0.05, 0.1) is 32.5 Å². The number of aromatic nitrogens is 2. The fourth-order valence-corrected chi connectivity index (χ4v) is 11.2. The summed E-state index contributed by atoms with van der Waals surface area (Å²) in [7, 11) is 0. The van der Waals surface area contributed by atoms with Crippen molar-refractivity contribution in [2.75, 3.05) is 0 Å². The zero-order chi connectivity index (χ0) is 35.8. The van der Waals surface area contributed by atoms with Crippen LogP contribution in [0.25, 0.3) is 118 Å². The molecule has 3 aromatic heterocycles. The van der Waals surface area contributed by atoms with E-state index in [-0.39, 0.29) is 0 Å². The van der Waals surface area contributed by atoms with E-state index in [0.29, 0.717) is 0 Å². The zero-order valence-corrected chi connectivity index (χ0v) is 30.4. The summed E-state index contributed by atoms with van der Waals surface area (Å²) >= 11 is 1.94. The molecule has 13 aromatic rings. The van der Waals surface area contributed by atoms with Crippen molar-refractivity contribution in [2.24, 2.45) is 0 Å². The minimum atomic E-state index is 1.18. The molecule has 0 radical (unpaired) electrons. The predicted molar refractivity (Wildman–Crippen MR) is 238 cm³/mol. The van der Waals surface area contributed by atoms with E-state index in [4.69, 9.17) is 0 Å². The van der Waals surface area contributed by atoms with Gasteiger partial charge >= 0.3 is 0 Å². The van der Waals surface area contributed by atoms with Gasteiger partial charge in [-0.2, -0.15) is 0 Å². The average Bonchev–Trinajstić information content (AvgIpc) is 3.92. The van der Waals surface area contributed by atoms with Gasteiger partial charge in [0.2, 0.25) is 0 Å². The van der Waals surface area contributed by atoms with Gasteiger partial charge in [0.1, 0.15) is 0 Å². The van der Waals surface area contributed by atoms with Crippen LogP contribution in [0.5, 0.6) is 0 Å². The summed E-state index contributed by atoms with van der Waals surface area (Å²) in [6.45, 7) is 0. The Labute approximate surface area is 319 Å². The van der Waals surface area contributed by atoms with Crippen LogP contribution in [0.2, 0.25) is 0 Å². The van der Waals surface area contributed by atoms with Crippen molar-refractivity contribution in [3.8, 4) is 11.4 Å². The zero-order valence-electron chi connectivity index (χ0n) is 29.6. The third kappa shape index (κ3) is 3.82. The van der Waals surface area contributed by atoms with Crippen LogP contribution in [0.1, 0.15) is 0 Å². The Balaban J connectivity index is 1.29. The minimum Gasteiger partial charge on any atom is -0.309 e. The highest BCUT2D eigenvalue weighted by atomic mass is 32.1. The van der Waals surface area contributed by atoms with Gasteiger partial charge in [-0.3, -0.25) is 0 Å². The Morgan fingerprint density at radius 3 is 1.55 bits per heavy atom. The number of benzene rings is 10. The molecule has 2 nitrogen and oxygen atoms in total. The van der Waals surface area contributed by atoms with Crippen molar-refractivity contribution < 1.29 is 0 Å². The Kier molecular flexibility index (Phi) is 5.80. The molecule has 55 heavy (non-hydrogen) atoms. The molecular weight excluding hydrogens is 685 g/mol. The largest absolute Gasteiger partial charge is 0.309 e. The highest BCUT2D eigenvalue weighted by Crippen LogP contribution is 2.52. The van der Waals surface area contributed by atoms with Crippen LogP contribution in [-0.2, 0) is 0 Å². The SMILES string of the molecule is c1ccc2cc(-n3c4ccccc4c4c5ccccc5c5c6c7cccc(-n8c9ccccc9c9ccccc98)c7sc6c6ccccc6c5c43)ccc2c1. The molecule has 0 bridgehead atoms. The van der Waals surface area contributed by atoms with Gasteiger partial charge in [-0.15, -0.1) is 11.3 Å². The second kappa shape index (κ2) is 10.8. The lowest BCUT2D eigenvalue weighted by Gasteiger charge is -2.16. The van der Waals surface area contributed by atoms with Gasteiger partial charge in [0, 0.05) is 58.9 Å². The molecule has 0 aliphatic rings. The number of hydrogen-bond donors (Lipinski definition) is 0. The summed E-state index contributed by atoms with van der Waals surface area (Å²) < 4.78 is 7.67. The molecule has 0 spiro atoms. The highest BCUT2D eigenvalue weighted by molar-refractivity contribution is 7.27. The second-order valence-electron chi connectivity index (χ2n) is 14.8. The molecule has 0 saturated heterocycles. The first kappa shape index (κ1) is 29.5. The molecule has 13 rings (SSSR count). The monoisotopic (exact) mass is 714 g/mol. The number of nitrogens with zero attached hydrogens (tertiary/aromatic N) is 2. The molecule has 3 heteroatoms. The lowest BCUT2D eigenvalue weighted by molar-refractivity contribution is 1.19. The van der Waals surface area contributed by atoms with Gasteiger partial charge in [-0.25, -0.2) is 0 Å². The minimum absolute atomic E-state index is 1.18. The molecule has 0 saturated carbocycles. The normalized spacial score (nSPS) is 12.4. The number of fused-ring (bicyclic) bond motifs is 19. The molecular formula is C52H30N2S. The Morgan fingerprint density at radius 2 is 0.836 bits per heavy atom. The van der Waals surface area contributed by atoms with Crippen LogP contribution in [0.15, 0.2) is 182 Å². The van der Waals surface area contributed by atoms with Crippen LogP contribution in [0.3, 0.4) is 0 Å². The maximum atomic E-state index is 2.54. The first-order chi connectivity index (χ1) is 27.3. The van der Waals surface area contributed by atoms with Crippen LogP contribution in [0.4, 0.5) is 0 Å². The van der Waals surface area contributed by atoms with Crippen molar-refractivity contribution in [2.45, 2.75) is 0 Å². The molecule has 0 N–H and O–H groups in total. The summed E-state index contributed by atoms with van der Waals surface area (Å²) in [6.07, 6.45) is 0. The average molecular weight is 715 g/mol. The van der Waals surface area contributed by atoms with Gasteiger partial charge in [-0.05, 0) is 63.3 Å². The van der Waals surface area contributed by atoms with E-state index in [1.54, 1.807) is 0 Å². The Morgan fingerprint density at radius 1 is 0.309 bits per heavy atom. The maximum absolute atomic E-state index is 2.54. The topological polar surface area (TPSA) is 9.86 Å². The first-order valence-corrected chi connectivity index (χ1v) is 19.8. The molecule has 0 aliphatic carbocycles. The maximum Gasteiger partial charge on any atom is 0.0640 e. The lowest BCUT2D eigenvalue weighted by Crippen LogP contribution is -1.96. The number of rotatable bonds is 2. The van der Waals surface area contributed by atoms with E-state index in [2.05, 4.69) is 191 Å². The number of hydrogen-bond acceptors (Lipinski definition) is 1. The molecule has 254 valence electrons.